The van der Waals surface area contributed by atoms with Gasteiger partial charge in [0.2, 0.25) is 0 Å². The molecule has 1 aromatic carbocycles. The van der Waals surface area contributed by atoms with E-state index >= 15 is 0 Å². The molecular formula is C19H14N6. The zero-order valence-electron chi connectivity index (χ0n) is 13.5. The normalized spacial score (nSPS) is 11.4. The van der Waals surface area contributed by atoms with E-state index in [1.165, 1.54) is 0 Å². The summed E-state index contributed by atoms with van der Waals surface area (Å²) in [6.45, 7) is 2.04. The molecule has 4 heterocycles. The van der Waals surface area contributed by atoms with Crippen LogP contribution in [0.4, 0.5) is 0 Å². The predicted octanol–water partition coefficient (Wildman–Crippen LogP) is 3.87. The molecule has 0 bridgehead atoms. The van der Waals surface area contributed by atoms with E-state index in [0.717, 1.165) is 38.8 Å². The number of H-pyrrole nitrogens is 2. The molecule has 0 atom stereocenters. The number of nitrogens with one attached hydrogen (secondary N) is 2. The summed E-state index contributed by atoms with van der Waals surface area (Å²) in [6.07, 6.45) is 5.46. The van der Waals surface area contributed by atoms with Crippen molar-refractivity contribution < 1.29 is 0 Å². The third kappa shape index (κ3) is 2.27. The molecule has 0 spiro atoms. The van der Waals surface area contributed by atoms with Gasteiger partial charge in [-0.3, -0.25) is 10.1 Å². The summed E-state index contributed by atoms with van der Waals surface area (Å²) in [5.41, 5.74) is 6.65. The van der Waals surface area contributed by atoms with Crippen molar-refractivity contribution in [2.45, 2.75) is 6.92 Å². The van der Waals surface area contributed by atoms with Crippen LogP contribution in [0.5, 0.6) is 0 Å². The quantitative estimate of drug-likeness (QED) is 0.516. The van der Waals surface area contributed by atoms with Crippen LogP contribution in [-0.4, -0.2) is 30.1 Å². The molecule has 4 aromatic heterocycles. The van der Waals surface area contributed by atoms with Crippen molar-refractivity contribution in [3.8, 4) is 22.6 Å². The van der Waals surface area contributed by atoms with Crippen LogP contribution in [0, 0.1) is 6.92 Å². The maximum absolute atomic E-state index is 4.56. The second-order valence-electron chi connectivity index (χ2n) is 6.04. The Labute approximate surface area is 143 Å². The number of benzene rings is 1. The van der Waals surface area contributed by atoms with E-state index in [-0.39, 0.29) is 0 Å². The van der Waals surface area contributed by atoms with Gasteiger partial charge in [-0.05, 0) is 48.4 Å². The summed E-state index contributed by atoms with van der Waals surface area (Å²) in [7, 11) is 0. The Morgan fingerprint density at radius 3 is 2.80 bits per heavy atom. The summed E-state index contributed by atoms with van der Waals surface area (Å²) < 4.78 is 0. The second kappa shape index (κ2) is 5.24. The third-order valence-electron chi connectivity index (χ3n) is 4.25. The Kier molecular flexibility index (Phi) is 2.90. The smallest absolute Gasteiger partial charge is 0.178 e. The van der Waals surface area contributed by atoms with Gasteiger partial charge >= 0.3 is 0 Å². The molecule has 0 aliphatic heterocycles. The van der Waals surface area contributed by atoms with Gasteiger partial charge in [0.05, 0.1) is 11.0 Å². The standard InChI is InChI=1S/C19H14N6/c1-11-7-13(10-20-9-11)12-4-5-15-14(8-12)17(25-24-15)19-22-16-3-2-6-21-18(16)23-19/h2-10H,1H3,(H,24,25)(H,21,22,23). The average Bonchev–Trinajstić information content (AvgIpc) is 3.24. The number of aromatic nitrogens is 6. The van der Waals surface area contributed by atoms with Crippen molar-refractivity contribution in [2.24, 2.45) is 0 Å². The first kappa shape index (κ1) is 13.9. The van der Waals surface area contributed by atoms with Crippen LogP contribution in [0.3, 0.4) is 0 Å². The van der Waals surface area contributed by atoms with Crippen molar-refractivity contribution in [1.29, 1.82) is 0 Å². The highest BCUT2D eigenvalue weighted by molar-refractivity contribution is 5.95. The van der Waals surface area contributed by atoms with Gasteiger partial charge in [0, 0.05) is 29.5 Å². The molecule has 6 heteroatoms. The summed E-state index contributed by atoms with van der Waals surface area (Å²) in [5.74, 6) is 0.708. The minimum Gasteiger partial charge on any atom is -0.335 e. The molecule has 25 heavy (non-hydrogen) atoms. The average molecular weight is 326 g/mol. The largest absolute Gasteiger partial charge is 0.335 e. The molecule has 2 N–H and O–H groups in total. The molecule has 0 unspecified atom stereocenters. The van der Waals surface area contributed by atoms with Gasteiger partial charge in [0.15, 0.2) is 11.5 Å². The highest BCUT2D eigenvalue weighted by atomic mass is 15.1. The molecule has 0 fully saturated rings. The molecule has 0 saturated carbocycles. The summed E-state index contributed by atoms with van der Waals surface area (Å²) >= 11 is 0. The maximum atomic E-state index is 4.56. The van der Waals surface area contributed by atoms with Crippen LogP contribution in [-0.2, 0) is 0 Å². The molecule has 6 nitrogen and oxygen atoms in total. The Bertz CT molecular complexity index is 1180. The molecule has 0 aliphatic carbocycles. The molecular weight excluding hydrogens is 312 g/mol. The van der Waals surface area contributed by atoms with Crippen molar-refractivity contribution in [3.05, 3.63) is 60.6 Å². The fourth-order valence-corrected chi connectivity index (χ4v) is 3.04. The number of fused-ring (bicyclic) bond motifs is 2. The van der Waals surface area contributed by atoms with Crippen LogP contribution < -0.4 is 0 Å². The van der Waals surface area contributed by atoms with E-state index in [4.69, 9.17) is 0 Å². The molecule has 0 saturated heterocycles. The van der Waals surface area contributed by atoms with Gasteiger partial charge in [-0.25, -0.2) is 9.97 Å². The fraction of sp³-hybridized carbons (Fsp3) is 0.0526. The van der Waals surface area contributed by atoms with Crippen molar-refractivity contribution >= 4 is 22.1 Å². The van der Waals surface area contributed by atoms with E-state index < -0.39 is 0 Å². The van der Waals surface area contributed by atoms with Crippen LogP contribution in [0.25, 0.3) is 44.7 Å². The Morgan fingerprint density at radius 2 is 1.92 bits per heavy atom. The fourth-order valence-electron chi connectivity index (χ4n) is 3.04. The SMILES string of the molecule is Cc1cncc(-c2ccc3[nH]nc(-c4nc5ncccc5[nH]4)c3c2)c1. The van der Waals surface area contributed by atoms with E-state index in [1.807, 2.05) is 37.5 Å². The number of hydrogen-bond acceptors (Lipinski definition) is 4. The monoisotopic (exact) mass is 326 g/mol. The molecule has 120 valence electrons. The predicted molar refractivity (Wildman–Crippen MR) is 96.9 cm³/mol. The first-order chi connectivity index (χ1) is 12.3. The number of rotatable bonds is 2. The lowest BCUT2D eigenvalue weighted by molar-refractivity contribution is 1.10. The Balaban J connectivity index is 1.70. The molecule has 0 amide bonds. The summed E-state index contributed by atoms with van der Waals surface area (Å²) in [4.78, 5) is 16.4. The molecule has 0 aliphatic rings. The van der Waals surface area contributed by atoms with Crippen molar-refractivity contribution in [3.63, 3.8) is 0 Å². The zero-order valence-corrected chi connectivity index (χ0v) is 13.5. The van der Waals surface area contributed by atoms with Gasteiger partial charge in [-0.2, -0.15) is 5.10 Å². The minimum absolute atomic E-state index is 0.688. The topological polar surface area (TPSA) is 83.1 Å². The highest BCUT2D eigenvalue weighted by Crippen LogP contribution is 2.30. The van der Waals surface area contributed by atoms with Gasteiger partial charge in [0.25, 0.3) is 0 Å². The van der Waals surface area contributed by atoms with Crippen LogP contribution >= 0.6 is 0 Å². The van der Waals surface area contributed by atoms with E-state index in [0.29, 0.717) is 11.5 Å². The van der Waals surface area contributed by atoms with Crippen LogP contribution in [0.2, 0.25) is 0 Å². The first-order valence-corrected chi connectivity index (χ1v) is 7.99. The molecule has 5 rings (SSSR count). The lowest BCUT2D eigenvalue weighted by Gasteiger charge is -2.03. The number of nitrogens with zero attached hydrogens (tertiary/aromatic N) is 4. The van der Waals surface area contributed by atoms with Gasteiger partial charge in [0.1, 0.15) is 5.69 Å². The molecule has 5 aromatic rings. The van der Waals surface area contributed by atoms with Gasteiger partial charge in [-0.1, -0.05) is 6.07 Å². The third-order valence-corrected chi connectivity index (χ3v) is 4.25. The Morgan fingerprint density at radius 1 is 0.960 bits per heavy atom. The zero-order chi connectivity index (χ0) is 16.8. The second-order valence-corrected chi connectivity index (χ2v) is 6.04. The van der Waals surface area contributed by atoms with Crippen molar-refractivity contribution in [1.82, 2.24) is 30.1 Å². The van der Waals surface area contributed by atoms with Crippen molar-refractivity contribution in [2.75, 3.05) is 0 Å². The lowest BCUT2D eigenvalue weighted by atomic mass is 10.0. The van der Waals surface area contributed by atoms with E-state index in [9.17, 15) is 0 Å². The maximum Gasteiger partial charge on any atom is 0.178 e. The number of aromatic amines is 2. The van der Waals surface area contributed by atoms with E-state index in [1.54, 1.807) is 6.20 Å². The van der Waals surface area contributed by atoms with Crippen LogP contribution in [0.1, 0.15) is 5.56 Å². The van der Waals surface area contributed by atoms with Gasteiger partial charge in [-0.15, -0.1) is 0 Å². The summed E-state index contributed by atoms with van der Waals surface area (Å²) in [5, 5.41) is 8.54. The summed E-state index contributed by atoms with van der Waals surface area (Å²) in [6, 6.07) is 12.2. The molecule has 0 radical (unpaired) electrons. The van der Waals surface area contributed by atoms with E-state index in [2.05, 4.69) is 48.3 Å². The lowest BCUT2D eigenvalue weighted by Crippen LogP contribution is -1.84. The van der Waals surface area contributed by atoms with Crippen LogP contribution in [0.15, 0.2) is 55.0 Å². The number of pyridine rings is 2. The first-order valence-electron chi connectivity index (χ1n) is 7.99. The number of hydrogen-bond donors (Lipinski definition) is 2. The Hall–Kier alpha value is -3.54. The van der Waals surface area contributed by atoms with Gasteiger partial charge < -0.3 is 4.98 Å². The minimum atomic E-state index is 0.688. The number of imidazole rings is 1. The highest BCUT2D eigenvalue weighted by Gasteiger charge is 2.14. The number of aryl methyl sites for hydroxylation is 1.